The summed E-state index contributed by atoms with van der Waals surface area (Å²) in [4.78, 5) is 2.29. The van der Waals surface area contributed by atoms with E-state index < -0.39 is 0 Å². The molecule has 2 rings (SSSR count). The van der Waals surface area contributed by atoms with Crippen molar-refractivity contribution in [3.63, 3.8) is 0 Å². The number of hydrogen-bond acceptors (Lipinski definition) is 3. The van der Waals surface area contributed by atoms with Gasteiger partial charge in [0.25, 0.3) is 0 Å². The Morgan fingerprint density at radius 1 is 1.56 bits per heavy atom. The van der Waals surface area contributed by atoms with Crippen LogP contribution in [0.3, 0.4) is 0 Å². The summed E-state index contributed by atoms with van der Waals surface area (Å²) in [5.74, 6) is 0.543. The zero-order valence-electron chi connectivity index (χ0n) is 10.9. The van der Waals surface area contributed by atoms with Crippen LogP contribution >= 0.6 is 15.9 Å². The van der Waals surface area contributed by atoms with E-state index in [9.17, 15) is 5.11 Å². The van der Waals surface area contributed by atoms with Gasteiger partial charge in [-0.15, -0.1) is 0 Å². The van der Waals surface area contributed by atoms with Gasteiger partial charge in [0.2, 0.25) is 0 Å². The van der Waals surface area contributed by atoms with E-state index in [0.717, 1.165) is 28.7 Å². The zero-order chi connectivity index (χ0) is 13.3. The number of aliphatic hydroxyl groups excluding tert-OH is 1. The van der Waals surface area contributed by atoms with Crippen molar-refractivity contribution in [2.24, 2.45) is 11.7 Å². The van der Waals surface area contributed by atoms with Crippen LogP contribution in [0.25, 0.3) is 0 Å². The third-order valence-corrected chi connectivity index (χ3v) is 4.56. The maximum Gasteiger partial charge on any atom is 0.0637 e. The number of nitrogens with zero attached hydrogens (tertiary/aromatic N) is 1. The summed E-state index contributed by atoms with van der Waals surface area (Å²) in [5.41, 5.74) is 8.19. The summed E-state index contributed by atoms with van der Waals surface area (Å²) < 4.78 is 1.05. The number of hydrogen-bond donors (Lipinski definition) is 2. The summed E-state index contributed by atoms with van der Waals surface area (Å²) >= 11 is 3.58. The first-order valence-electron chi connectivity index (χ1n) is 6.47. The smallest absolute Gasteiger partial charge is 0.0637 e. The first kappa shape index (κ1) is 13.8. The molecule has 1 fully saturated rings. The molecule has 1 aromatic rings. The van der Waals surface area contributed by atoms with Crippen LogP contribution in [0.2, 0.25) is 0 Å². The Kier molecular flexibility index (Phi) is 4.30. The SMILES string of the molecule is CC1CCN(c2ccc([C@@H](C)N)c(Br)c2)C1CO. The molecule has 0 bridgehead atoms. The van der Waals surface area contributed by atoms with Crippen LogP contribution in [-0.2, 0) is 0 Å². The molecule has 2 unspecified atom stereocenters. The Balaban J connectivity index is 2.27. The van der Waals surface area contributed by atoms with E-state index in [1.165, 1.54) is 0 Å². The summed E-state index contributed by atoms with van der Waals surface area (Å²) in [7, 11) is 0. The molecule has 3 N–H and O–H groups in total. The highest BCUT2D eigenvalue weighted by molar-refractivity contribution is 9.10. The molecule has 3 atom stereocenters. The van der Waals surface area contributed by atoms with Gasteiger partial charge in [0.05, 0.1) is 12.6 Å². The highest BCUT2D eigenvalue weighted by Gasteiger charge is 2.30. The van der Waals surface area contributed by atoms with E-state index in [4.69, 9.17) is 5.73 Å². The lowest BCUT2D eigenvalue weighted by atomic mass is 10.0. The van der Waals surface area contributed by atoms with Crippen molar-refractivity contribution in [2.45, 2.75) is 32.4 Å². The minimum atomic E-state index is 0.0274. The lowest BCUT2D eigenvalue weighted by molar-refractivity contribution is 0.245. The molecular formula is C14H21BrN2O. The van der Waals surface area contributed by atoms with Crippen molar-refractivity contribution in [1.82, 2.24) is 0 Å². The van der Waals surface area contributed by atoms with Crippen LogP contribution in [0.4, 0.5) is 5.69 Å². The van der Waals surface area contributed by atoms with Gasteiger partial charge in [-0.1, -0.05) is 28.9 Å². The molecule has 1 aromatic carbocycles. The standard InChI is InChI=1S/C14H21BrN2O/c1-9-5-6-17(14(9)8-18)11-3-4-12(10(2)16)13(15)7-11/h3-4,7,9-10,14,18H,5-6,8,16H2,1-2H3/t9?,10-,14?/m1/s1. The normalized spacial score (nSPS) is 25.5. The van der Waals surface area contributed by atoms with Crippen molar-refractivity contribution < 1.29 is 5.11 Å². The predicted molar refractivity (Wildman–Crippen MR) is 78.7 cm³/mol. The van der Waals surface area contributed by atoms with Gasteiger partial charge in [-0.2, -0.15) is 0 Å². The first-order valence-corrected chi connectivity index (χ1v) is 7.26. The van der Waals surface area contributed by atoms with Gasteiger partial charge in [0.1, 0.15) is 0 Å². The molecule has 18 heavy (non-hydrogen) atoms. The van der Waals surface area contributed by atoms with Gasteiger partial charge < -0.3 is 15.7 Å². The van der Waals surface area contributed by atoms with Crippen LogP contribution in [0.5, 0.6) is 0 Å². The van der Waals surface area contributed by atoms with Crippen LogP contribution in [0.1, 0.15) is 31.9 Å². The molecular weight excluding hydrogens is 292 g/mol. The molecule has 0 aliphatic carbocycles. The van der Waals surface area contributed by atoms with Gasteiger partial charge in [-0.3, -0.25) is 0 Å². The number of rotatable bonds is 3. The Morgan fingerprint density at radius 2 is 2.28 bits per heavy atom. The van der Waals surface area contributed by atoms with Gasteiger partial charge in [-0.25, -0.2) is 0 Å². The van der Waals surface area contributed by atoms with Crippen LogP contribution in [0.15, 0.2) is 22.7 Å². The van der Waals surface area contributed by atoms with E-state index in [0.29, 0.717) is 5.92 Å². The Bertz CT molecular complexity index is 422. The van der Waals surface area contributed by atoms with Crippen molar-refractivity contribution in [3.8, 4) is 0 Å². The minimum absolute atomic E-state index is 0.0274. The number of benzene rings is 1. The Morgan fingerprint density at radius 3 is 2.83 bits per heavy atom. The maximum absolute atomic E-state index is 9.51. The van der Waals surface area contributed by atoms with Gasteiger partial charge in [0.15, 0.2) is 0 Å². The van der Waals surface area contributed by atoms with Gasteiger partial charge in [-0.05, 0) is 37.0 Å². The molecule has 4 heteroatoms. The van der Waals surface area contributed by atoms with E-state index in [2.05, 4.69) is 46.0 Å². The monoisotopic (exact) mass is 312 g/mol. The van der Waals surface area contributed by atoms with Gasteiger partial charge >= 0.3 is 0 Å². The largest absolute Gasteiger partial charge is 0.394 e. The van der Waals surface area contributed by atoms with Crippen molar-refractivity contribution in [2.75, 3.05) is 18.1 Å². The third-order valence-electron chi connectivity index (χ3n) is 3.88. The van der Waals surface area contributed by atoms with E-state index in [1.807, 2.05) is 6.92 Å². The van der Waals surface area contributed by atoms with Crippen molar-refractivity contribution in [3.05, 3.63) is 28.2 Å². The van der Waals surface area contributed by atoms with Crippen LogP contribution < -0.4 is 10.6 Å². The molecule has 100 valence electrons. The number of anilines is 1. The molecule has 1 saturated heterocycles. The quantitative estimate of drug-likeness (QED) is 0.902. The molecule has 0 aromatic heterocycles. The second kappa shape index (κ2) is 5.59. The summed E-state index contributed by atoms with van der Waals surface area (Å²) in [6.07, 6.45) is 1.14. The molecule has 3 nitrogen and oxygen atoms in total. The molecule has 0 saturated carbocycles. The number of aliphatic hydroxyl groups is 1. The fourth-order valence-electron chi connectivity index (χ4n) is 2.67. The minimum Gasteiger partial charge on any atom is -0.394 e. The van der Waals surface area contributed by atoms with E-state index in [-0.39, 0.29) is 18.7 Å². The van der Waals surface area contributed by atoms with Crippen LogP contribution in [0, 0.1) is 5.92 Å². The van der Waals surface area contributed by atoms with Gasteiger partial charge in [0, 0.05) is 22.7 Å². The third kappa shape index (κ3) is 2.56. The molecule has 1 heterocycles. The topological polar surface area (TPSA) is 49.5 Å². The average molecular weight is 313 g/mol. The second-order valence-corrected chi connectivity index (χ2v) is 6.06. The van der Waals surface area contributed by atoms with Crippen molar-refractivity contribution in [1.29, 1.82) is 0 Å². The molecule has 0 amide bonds. The van der Waals surface area contributed by atoms with E-state index in [1.54, 1.807) is 0 Å². The molecule has 1 aliphatic rings. The highest BCUT2D eigenvalue weighted by Crippen LogP contribution is 2.33. The lowest BCUT2D eigenvalue weighted by Gasteiger charge is -2.28. The summed E-state index contributed by atoms with van der Waals surface area (Å²) in [5, 5.41) is 9.51. The molecule has 0 spiro atoms. The second-order valence-electron chi connectivity index (χ2n) is 5.20. The number of nitrogens with two attached hydrogens (primary N) is 1. The summed E-state index contributed by atoms with van der Waals surface area (Å²) in [6, 6.07) is 6.54. The van der Waals surface area contributed by atoms with E-state index >= 15 is 0 Å². The summed E-state index contributed by atoms with van der Waals surface area (Å²) in [6.45, 7) is 5.41. The highest BCUT2D eigenvalue weighted by atomic mass is 79.9. The zero-order valence-corrected chi connectivity index (χ0v) is 12.5. The number of halogens is 1. The maximum atomic E-state index is 9.51. The Labute approximate surface area is 117 Å². The van der Waals surface area contributed by atoms with Crippen molar-refractivity contribution >= 4 is 21.6 Å². The first-order chi connectivity index (χ1) is 8.54. The average Bonchev–Trinajstić information content (AvgIpc) is 2.69. The lowest BCUT2D eigenvalue weighted by Crippen LogP contribution is -2.35. The molecule has 0 radical (unpaired) electrons. The fourth-order valence-corrected chi connectivity index (χ4v) is 3.40. The fraction of sp³-hybridized carbons (Fsp3) is 0.571. The molecule has 1 aliphatic heterocycles. The predicted octanol–water partition coefficient (Wildman–Crippen LogP) is 2.68. The van der Waals surface area contributed by atoms with Crippen LogP contribution in [-0.4, -0.2) is 24.3 Å². The Hall–Kier alpha value is -0.580.